The number of nitrogens with one attached hydrogen (secondary N) is 1. The second-order valence-electron chi connectivity index (χ2n) is 6.44. The maximum atomic E-state index is 11.7. The highest BCUT2D eigenvalue weighted by atomic mass is 16.5. The molecule has 0 aromatic carbocycles. The van der Waals surface area contributed by atoms with Crippen LogP contribution in [0, 0.1) is 11.8 Å². The van der Waals surface area contributed by atoms with Crippen molar-refractivity contribution in [1.29, 1.82) is 0 Å². The van der Waals surface area contributed by atoms with Gasteiger partial charge in [0.05, 0.1) is 13.2 Å². The Morgan fingerprint density at radius 3 is 2.70 bits per heavy atom. The molecule has 1 aliphatic heterocycles. The van der Waals surface area contributed by atoms with Gasteiger partial charge in [-0.25, -0.2) is 0 Å². The summed E-state index contributed by atoms with van der Waals surface area (Å²) in [5.41, 5.74) is 0. The minimum absolute atomic E-state index is 0.0782. The van der Waals surface area contributed by atoms with Crippen molar-refractivity contribution in [3.63, 3.8) is 0 Å². The highest BCUT2D eigenvalue weighted by Crippen LogP contribution is 2.28. The lowest BCUT2D eigenvalue weighted by Gasteiger charge is -2.37. The average Bonchev–Trinajstić information content (AvgIpc) is 3.21. The van der Waals surface area contributed by atoms with Crippen LogP contribution in [0.3, 0.4) is 0 Å². The zero-order valence-electron chi connectivity index (χ0n) is 13.1. The SMILES string of the molecule is CCCC1CC(NCC2CC2)CN(CC(=O)OCC)C1. The van der Waals surface area contributed by atoms with Crippen LogP contribution in [0.4, 0.5) is 0 Å². The highest BCUT2D eigenvalue weighted by molar-refractivity contribution is 5.71. The van der Waals surface area contributed by atoms with Crippen LogP contribution in [0.1, 0.15) is 46.0 Å². The molecule has 2 unspecified atom stereocenters. The van der Waals surface area contributed by atoms with Crippen LogP contribution in [-0.4, -0.2) is 49.7 Å². The van der Waals surface area contributed by atoms with E-state index in [1.54, 1.807) is 0 Å². The van der Waals surface area contributed by atoms with E-state index >= 15 is 0 Å². The molecule has 0 spiro atoms. The second-order valence-corrected chi connectivity index (χ2v) is 6.44. The summed E-state index contributed by atoms with van der Waals surface area (Å²) < 4.78 is 5.08. The molecule has 2 rings (SSSR count). The minimum Gasteiger partial charge on any atom is -0.465 e. The number of ether oxygens (including phenoxy) is 1. The summed E-state index contributed by atoms with van der Waals surface area (Å²) in [6.45, 7) is 8.26. The summed E-state index contributed by atoms with van der Waals surface area (Å²) >= 11 is 0. The minimum atomic E-state index is -0.0782. The molecular weight excluding hydrogens is 252 g/mol. The Hall–Kier alpha value is -0.610. The number of piperidine rings is 1. The molecule has 0 bridgehead atoms. The predicted octanol–water partition coefficient (Wildman–Crippen LogP) is 2.04. The maximum Gasteiger partial charge on any atom is 0.320 e. The van der Waals surface area contributed by atoms with Gasteiger partial charge in [-0.15, -0.1) is 0 Å². The summed E-state index contributed by atoms with van der Waals surface area (Å²) in [5.74, 6) is 1.56. The van der Waals surface area contributed by atoms with Crippen molar-refractivity contribution in [2.75, 3.05) is 32.8 Å². The number of nitrogens with zero attached hydrogens (tertiary/aromatic N) is 1. The first kappa shape index (κ1) is 15.8. The van der Waals surface area contributed by atoms with E-state index in [-0.39, 0.29) is 5.97 Å². The van der Waals surface area contributed by atoms with E-state index in [1.807, 2.05) is 6.92 Å². The summed E-state index contributed by atoms with van der Waals surface area (Å²) in [7, 11) is 0. The first-order chi connectivity index (χ1) is 9.71. The number of hydrogen-bond acceptors (Lipinski definition) is 4. The second kappa shape index (κ2) is 7.99. The molecule has 1 N–H and O–H groups in total. The smallest absolute Gasteiger partial charge is 0.320 e. The maximum absolute atomic E-state index is 11.7. The van der Waals surface area contributed by atoms with Crippen molar-refractivity contribution in [3.8, 4) is 0 Å². The number of likely N-dealkylation sites (tertiary alicyclic amines) is 1. The Kier molecular flexibility index (Phi) is 6.30. The Balaban J connectivity index is 1.80. The van der Waals surface area contributed by atoms with E-state index in [2.05, 4.69) is 17.1 Å². The molecule has 0 aromatic heterocycles. The van der Waals surface area contributed by atoms with Gasteiger partial charge in [-0.2, -0.15) is 0 Å². The molecule has 1 aliphatic carbocycles. The van der Waals surface area contributed by atoms with Gasteiger partial charge in [-0.05, 0) is 51.0 Å². The van der Waals surface area contributed by atoms with Gasteiger partial charge in [0.25, 0.3) is 0 Å². The van der Waals surface area contributed by atoms with Gasteiger partial charge in [0.2, 0.25) is 0 Å². The van der Waals surface area contributed by atoms with Crippen LogP contribution >= 0.6 is 0 Å². The predicted molar refractivity (Wildman–Crippen MR) is 80.6 cm³/mol. The van der Waals surface area contributed by atoms with Crippen LogP contribution in [-0.2, 0) is 9.53 Å². The van der Waals surface area contributed by atoms with Gasteiger partial charge in [-0.3, -0.25) is 9.69 Å². The summed E-state index contributed by atoms with van der Waals surface area (Å²) in [4.78, 5) is 14.0. The van der Waals surface area contributed by atoms with Crippen molar-refractivity contribution in [1.82, 2.24) is 10.2 Å². The average molecular weight is 282 g/mol. The van der Waals surface area contributed by atoms with Crippen molar-refractivity contribution in [2.45, 2.75) is 52.0 Å². The molecule has 1 saturated carbocycles. The lowest BCUT2D eigenvalue weighted by molar-refractivity contribution is -0.145. The molecule has 1 saturated heterocycles. The summed E-state index contributed by atoms with van der Waals surface area (Å²) in [6.07, 6.45) is 6.55. The Morgan fingerprint density at radius 2 is 2.05 bits per heavy atom. The molecule has 2 aliphatic rings. The van der Waals surface area contributed by atoms with Crippen molar-refractivity contribution < 1.29 is 9.53 Å². The summed E-state index contributed by atoms with van der Waals surface area (Å²) in [6, 6.07) is 0.551. The quantitative estimate of drug-likeness (QED) is 0.692. The first-order valence-corrected chi connectivity index (χ1v) is 8.32. The van der Waals surface area contributed by atoms with Crippen LogP contribution in [0.2, 0.25) is 0 Å². The summed E-state index contributed by atoms with van der Waals surface area (Å²) in [5, 5.41) is 3.71. The molecule has 0 aromatic rings. The van der Waals surface area contributed by atoms with E-state index in [0.29, 0.717) is 19.2 Å². The number of carbonyl (C=O) groups is 1. The van der Waals surface area contributed by atoms with E-state index in [1.165, 1.54) is 32.1 Å². The topological polar surface area (TPSA) is 41.6 Å². The third-order valence-electron chi connectivity index (χ3n) is 4.36. The normalized spacial score (nSPS) is 27.5. The number of carbonyl (C=O) groups excluding carboxylic acids is 1. The number of esters is 1. The number of hydrogen-bond donors (Lipinski definition) is 1. The highest BCUT2D eigenvalue weighted by Gasteiger charge is 2.29. The Morgan fingerprint density at radius 1 is 1.25 bits per heavy atom. The largest absolute Gasteiger partial charge is 0.465 e. The monoisotopic (exact) mass is 282 g/mol. The lowest BCUT2D eigenvalue weighted by atomic mass is 9.90. The number of rotatable bonds is 8. The molecule has 0 amide bonds. The Labute approximate surface area is 123 Å². The third-order valence-corrected chi connectivity index (χ3v) is 4.36. The molecule has 4 heteroatoms. The first-order valence-electron chi connectivity index (χ1n) is 8.32. The molecule has 116 valence electrons. The van der Waals surface area contributed by atoms with Crippen molar-refractivity contribution >= 4 is 5.97 Å². The molecule has 20 heavy (non-hydrogen) atoms. The van der Waals surface area contributed by atoms with E-state index in [9.17, 15) is 4.79 Å². The molecule has 4 nitrogen and oxygen atoms in total. The zero-order valence-corrected chi connectivity index (χ0v) is 13.1. The fraction of sp³-hybridized carbons (Fsp3) is 0.938. The van der Waals surface area contributed by atoms with Crippen LogP contribution in [0.15, 0.2) is 0 Å². The van der Waals surface area contributed by atoms with Gasteiger partial charge in [-0.1, -0.05) is 13.3 Å². The lowest BCUT2D eigenvalue weighted by Crippen LogP contribution is -2.51. The van der Waals surface area contributed by atoms with Gasteiger partial charge < -0.3 is 10.1 Å². The molecule has 1 heterocycles. The van der Waals surface area contributed by atoms with E-state index in [0.717, 1.165) is 31.5 Å². The zero-order chi connectivity index (χ0) is 14.4. The van der Waals surface area contributed by atoms with E-state index in [4.69, 9.17) is 4.74 Å². The van der Waals surface area contributed by atoms with Gasteiger partial charge >= 0.3 is 5.97 Å². The molecular formula is C16H30N2O2. The van der Waals surface area contributed by atoms with Gasteiger partial charge in [0.15, 0.2) is 0 Å². The van der Waals surface area contributed by atoms with Gasteiger partial charge in [0, 0.05) is 19.1 Å². The van der Waals surface area contributed by atoms with Gasteiger partial charge in [0.1, 0.15) is 0 Å². The third kappa shape index (κ3) is 5.41. The van der Waals surface area contributed by atoms with Crippen LogP contribution < -0.4 is 5.32 Å². The van der Waals surface area contributed by atoms with Crippen molar-refractivity contribution in [2.24, 2.45) is 11.8 Å². The Bertz CT molecular complexity index is 305. The van der Waals surface area contributed by atoms with E-state index < -0.39 is 0 Å². The van der Waals surface area contributed by atoms with Crippen molar-refractivity contribution in [3.05, 3.63) is 0 Å². The molecule has 2 atom stereocenters. The molecule has 2 fully saturated rings. The fourth-order valence-electron chi connectivity index (χ4n) is 3.24. The molecule has 0 radical (unpaired) electrons. The van der Waals surface area contributed by atoms with Crippen LogP contribution in [0.5, 0.6) is 0 Å². The standard InChI is InChI=1S/C16H30N2O2/c1-3-5-14-8-15(17-9-13-6-7-13)11-18(10-14)12-16(19)20-4-2/h13-15,17H,3-12H2,1-2H3. The van der Waals surface area contributed by atoms with Crippen LogP contribution in [0.25, 0.3) is 0 Å². The fourth-order valence-corrected chi connectivity index (χ4v) is 3.24.